The number of nitrogens with two attached hydrogens (primary N) is 1. The Morgan fingerprint density at radius 2 is 2.12 bits per heavy atom. The van der Waals surface area contributed by atoms with Crippen LogP contribution in [0.15, 0.2) is 18.2 Å². The van der Waals surface area contributed by atoms with E-state index in [1.165, 1.54) is 0 Å². The van der Waals surface area contributed by atoms with Gasteiger partial charge in [0.1, 0.15) is 0 Å². The molecule has 1 amide bonds. The van der Waals surface area contributed by atoms with Gasteiger partial charge >= 0.3 is 0 Å². The molecule has 0 fully saturated rings. The summed E-state index contributed by atoms with van der Waals surface area (Å²) in [7, 11) is 0. The topological polar surface area (TPSA) is 46.3 Å². The van der Waals surface area contributed by atoms with E-state index in [4.69, 9.17) is 17.3 Å². The van der Waals surface area contributed by atoms with E-state index in [9.17, 15) is 4.79 Å². The van der Waals surface area contributed by atoms with Crippen LogP contribution in [0.3, 0.4) is 0 Å². The number of nitrogen functional groups attached to an aromatic ring is 1. The Hall–Kier alpha value is -1.22. The molecule has 0 radical (unpaired) electrons. The monoisotopic (exact) mass is 254 g/mol. The summed E-state index contributed by atoms with van der Waals surface area (Å²) in [5, 5.41) is 0.354. The highest BCUT2D eigenvalue weighted by Crippen LogP contribution is 2.24. The van der Waals surface area contributed by atoms with Crippen molar-refractivity contribution in [2.75, 3.05) is 18.8 Å². The standard InChI is InChI=1S/C13H19ClN2O/c1-3-5-9-16(4-2)13(17)10-7-6-8-11(15)12(10)14/h6-8H,3-5,9,15H2,1-2H3. The molecule has 1 aromatic carbocycles. The minimum absolute atomic E-state index is 0.0433. The quantitative estimate of drug-likeness (QED) is 0.821. The Balaban J connectivity index is 2.90. The molecule has 1 aromatic rings. The number of carbonyl (C=O) groups is 1. The van der Waals surface area contributed by atoms with Gasteiger partial charge in [-0.2, -0.15) is 0 Å². The fourth-order valence-electron chi connectivity index (χ4n) is 1.64. The zero-order valence-corrected chi connectivity index (χ0v) is 11.1. The van der Waals surface area contributed by atoms with E-state index in [1.807, 2.05) is 6.92 Å². The van der Waals surface area contributed by atoms with Crippen LogP contribution in [0.1, 0.15) is 37.0 Å². The maximum atomic E-state index is 12.2. The fourth-order valence-corrected chi connectivity index (χ4v) is 1.84. The average molecular weight is 255 g/mol. The molecule has 1 rings (SSSR count). The molecule has 17 heavy (non-hydrogen) atoms. The van der Waals surface area contributed by atoms with E-state index in [0.29, 0.717) is 22.8 Å². The molecule has 0 heterocycles. The van der Waals surface area contributed by atoms with Crippen molar-refractivity contribution in [2.45, 2.75) is 26.7 Å². The first-order valence-corrected chi connectivity index (χ1v) is 6.32. The largest absolute Gasteiger partial charge is 0.398 e. The van der Waals surface area contributed by atoms with Crippen LogP contribution in [0.25, 0.3) is 0 Å². The predicted molar refractivity (Wildman–Crippen MR) is 72.3 cm³/mol. The Labute approximate surface area is 108 Å². The molecular weight excluding hydrogens is 236 g/mol. The van der Waals surface area contributed by atoms with Crippen molar-refractivity contribution in [2.24, 2.45) is 0 Å². The molecule has 0 saturated heterocycles. The van der Waals surface area contributed by atoms with Gasteiger partial charge in [-0.3, -0.25) is 4.79 Å². The molecule has 4 heteroatoms. The summed E-state index contributed by atoms with van der Waals surface area (Å²) in [5.74, 6) is -0.0433. The highest BCUT2D eigenvalue weighted by Gasteiger charge is 2.17. The third-order valence-corrected chi connectivity index (χ3v) is 3.13. The van der Waals surface area contributed by atoms with E-state index in [0.717, 1.165) is 19.4 Å². The lowest BCUT2D eigenvalue weighted by molar-refractivity contribution is 0.0762. The summed E-state index contributed by atoms with van der Waals surface area (Å²) >= 11 is 6.05. The number of hydrogen-bond donors (Lipinski definition) is 1. The van der Waals surface area contributed by atoms with Crippen molar-refractivity contribution in [3.05, 3.63) is 28.8 Å². The summed E-state index contributed by atoms with van der Waals surface area (Å²) in [6.07, 6.45) is 2.06. The molecule has 0 aromatic heterocycles. The van der Waals surface area contributed by atoms with E-state index in [1.54, 1.807) is 23.1 Å². The molecule has 3 nitrogen and oxygen atoms in total. The van der Waals surface area contributed by atoms with E-state index in [2.05, 4.69) is 6.92 Å². The summed E-state index contributed by atoms with van der Waals surface area (Å²) < 4.78 is 0. The van der Waals surface area contributed by atoms with Crippen LogP contribution in [0.4, 0.5) is 5.69 Å². The highest BCUT2D eigenvalue weighted by atomic mass is 35.5. The summed E-state index contributed by atoms with van der Waals surface area (Å²) in [6, 6.07) is 5.17. The maximum absolute atomic E-state index is 12.2. The highest BCUT2D eigenvalue weighted by molar-refractivity contribution is 6.36. The first-order chi connectivity index (χ1) is 8.11. The molecule has 0 bridgehead atoms. The summed E-state index contributed by atoms with van der Waals surface area (Å²) in [6.45, 7) is 5.51. The Morgan fingerprint density at radius 1 is 1.41 bits per heavy atom. The lowest BCUT2D eigenvalue weighted by Crippen LogP contribution is -2.32. The van der Waals surface area contributed by atoms with Gasteiger partial charge in [0.25, 0.3) is 5.91 Å². The number of nitrogens with zero attached hydrogens (tertiary/aromatic N) is 1. The summed E-state index contributed by atoms with van der Waals surface area (Å²) in [4.78, 5) is 14.0. The van der Waals surface area contributed by atoms with Crippen LogP contribution in [0.5, 0.6) is 0 Å². The smallest absolute Gasteiger partial charge is 0.255 e. The van der Waals surface area contributed by atoms with Crippen LogP contribution >= 0.6 is 11.6 Å². The van der Waals surface area contributed by atoms with Gasteiger partial charge in [0, 0.05) is 13.1 Å². The van der Waals surface area contributed by atoms with E-state index >= 15 is 0 Å². The van der Waals surface area contributed by atoms with Crippen LogP contribution in [0.2, 0.25) is 5.02 Å². The Kier molecular flexibility index (Phi) is 5.29. The predicted octanol–water partition coefficient (Wildman–Crippen LogP) is 3.18. The molecule has 0 aliphatic heterocycles. The maximum Gasteiger partial charge on any atom is 0.255 e. The molecule has 94 valence electrons. The number of unbranched alkanes of at least 4 members (excludes halogenated alkanes) is 1. The number of halogens is 1. The number of amides is 1. The van der Waals surface area contributed by atoms with Gasteiger partial charge in [0.2, 0.25) is 0 Å². The van der Waals surface area contributed by atoms with Gasteiger partial charge in [0.15, 0.2) is 0 Å². The van der Waals surface area contributed by atoms with Crippen molar-refractivity contribution in [3.8, 4) is 0 Å². The molecule has 2 N–H and O–H groups in total. The van der Waals surface area contributed by atoms with Crippen molar-refractivity contribution < 1.29 is 4.79 Å². The number of carbonyl (C=O) groups excluding carboxylic acids is 1. The number of benzene rings is 1. The van der Waals surface area contributed by atoms with Gasteiger partial charge in [-0.25, -0.2) is 0 Å². The number of rotatable bonds is 5. The molecule has 0 atom stereocenters. The molecule has 0 spiro atoms. The van der Waals surface area contributed by atoms with Crippen LogP contribution in [0, 0.1) is 0 Å². The van der Waals surface area contributed by atoms with Crippen LogP contribution in [-0.4, -0.2) is 23.9 Å². The first-order valence-electron chi connectivity index (χ1n) is 5.95. The van der Waals surface area contributed by atoms with E-state index in [-0.39, 0.29) is 5.91 Å². The second-order valence-electron chi connectivity index (χ2n) is 3.95. The van der Waals surface area contributed by atoms with Gasteiger partial charge in [0.05, 0.1) is 16.3 Å². The average Bonchev–Trinajstić information content (AvgIpc) is 2.33. The van der Waals surface area contributed by atoms with Crippen LogP contribution < -0.4 is 5.73 Å². The van der Waals surface area contributed by atoms with Gasteiger partial charge in [-0.05, 0) is 25.5 Å². The molecule has 0 unspecified atom stereocenters. The van der Waals surface area contributed by atoms with Crippen molar-refractivity contribution >= 4 is 23.2 Å². The minimum atomic E-state index is -0.0433. The third-order valence-electron chi connectivity index (χ3n) is 2.71. The van der Waals surface area contributed by atoms with Crippen molar-refractivity contribution in [1.82, 2.24) is 4.90 Å². The second kappa shape index (κ2) is 6.50. The lowest BCUT2D eigenvalue weighted by atomic mass is 10.1. The van der Waals surface area contributed by atoms with Gasteiger partial charge in [-0.15, -0.1) is 0 Å². The normalized spacial score (nSPS) is 10.3. The number of hydrogen-bond acceptors (Lipinski definition) is 2. The van der Waals surface area contributed by atoms with Crippen molar-refractivity contribution in [1.29, 1.82) is 0 Å². The van der Waals surface area contributed by atoms with Gasteiger partial charge in [-0.1, -0.05) is 31.0 Å². The van der Waals surface area contributed by atoms with E-state index < -0.39 is 0 Å². The molecule has 0 saturated carbocycles. The zero-order valence-electron chi connectivity index (χ0n) is 10.4. The molecular formula is C13H19ClN2O. The van der Waals surface area contributed by atoms with Crippen LogP contribution in [-0.2, 0) is 0 Å². The fraction of sp³-hybridized carbons (Fsp3) is 0.462. The number of anilines is 1. The second-order valence-corrected chi connectivity index (χ2v) is 4.33. The lowest BCUT2D eigenvalue weighted by Gasteiger charge is -2.21. The Morgan fingerprint density at radius 3 is 2.71 bits per heavy atom. The van der Waals surface area contributed by atoms with Gasteiger partial charge < -0.3 is 10.6 Å². The minimum Gasteiger partial charge on any atom is -0.398 e. The Bertz CT molecular complexity index is 393. The molecule has 0 aliphatic rings. The molecule has 0 aliphatic carbocycles. The van der Waals surface area contributed by atoms with Crippen molar-refractivity contribution in [3.63, 3.8) is 0 Å². The summed E-state index contributed by atoms with van der Waals surface area (Å²) in [5.41, 5.74) is 6.64. The zero-order chi connectivity index (χ0) is 12.8. The third kappa shape index (κ3) is 3.37. The SMILES string of the molecule is CCCCN(CC)C(=O)c1cccc(N)c1Cl. The first kappa shape index (κ1) is 13.8.